The topological polar surface area (TPSA) is 42.2 Å². The van der Waals surface area contributed by atoms with Crippen LogP contribution in [0.25, 0.3) is 99.3 Å². The first kappa shape index (κ1) is 35.6. The predicted molar refractivity (Wildman–Crippen MR) is 258 cm³/mol. The summed E-state index contributed by atoms with van der Waals surface area (Å²) in [6.45, 7) is 0. The molecule has 0 aliphatic carbocycles. The maximum atomic E-state index is 6.16. The average molecular weight is 792 g/mol. The van der Waals surface area contributed by atoms with E-state index in [2.05, 4.69) is 205 Å². The number of para-hydroxylation sites is 2. The van der Waals surface area contributed by atoms with Crippen molar-refractivity contribution in [3.63, 3.8) is 0 Å². The van der Waals surface area contributed by atoms with Crippen LogP contribution in [0.4, 0.5) is 17.1 Å². The number of furan rings is 1. The first-order valence-electron chi connectivity index (χ1n) is 21.0. The Morgan fingerprint density at radius 2 is 0.839 bits per heavy atom. The number of rotatable bonds is 7. The lowest BCUT2D eigenvalue weighted by atomic mass is 9.95. The fourth-order valence-electron chi connectivity index (χ4n) is 8.97. The fourth-order valence-corrected chi connectivity index (χ4v) is 8.97. The molecular formula is C58H37N3O. The molecule has 0 bridgehead atoms. The predicted octanol–water partition coefficient (Wildman–Crippen LogP) is 16.0. The smallest absolute Gasteiger partial charge is 0.135 e. The van der Waals surface area contributed by atoms with Crippen molar-refractivity contribution in [3.05, 3.63) is 224 Å². The lowest BCUT2D eigenvalue weighted by Gasteiger charge is -2.25. The van der Waals surface area contributed by atoms with Gasteiger partial charge in [-0.25, -0.2) is 9.97 Å². The summed E-state index contributed by atoms with van der Waals surface area (Å²) in [5.74, 6) is 0. The van der Waals surface area contributed by atoms with E-state index >= 15 is 0 Å². The van der Waals surface area contributed by atoms with E-state index in [1.165, 1.54) is 5.39 Å². The van der Waals surface area contributed by atoms with E-state index in [1.54, 1.807) is 0 Å². The molecule has 4 heteroatoms. The van der Waals surface area contributed by atoms with Gasteiger partial charge < -0.3 is 9.32 Å². The summed E-state index contributed by atoms with van der Waals surface area (Å²) in [6.07, 6.45) is 0. The van der Waals surface area contributed by atoms with E-state index in [4.69, 9.17) is 14.4 Å². The Morgan fingerprint density at radius 3 is 1.56 bits per heavy atom. The summed E-state index contributed by atoms with van der Waals surface area (Å²) in [7, 11) is 0. The number of fused-ring (bicyclic) bond motifs is 8. The third kappa shape index (κ3) is 6.16. The van der Waals surface area contributed by atoms with Crippen molar-refractivity contribution < 1.29 is 4.42 Å². The molecule has 0 unspecified atom stereocenters. The summed E-state index contributed by atoms with van der Waals surface area (Å²) >= 11 is 0. The van der Waals surface area contributed by atoms with Gasteiger partial charge in [0.25, 0.3) is 0 Å². The molecule has 10 aromatic carbocycles. The molecule has 290 valence electrons. The van der Waals surface area contributed by atoms with Crippen molar-refractivity contribution in [3.8, 4) is 44.8 Å². The second kappa shape index (κ2) is 14.7. The molecule has 0 atom stereocenters. The summed E-state index contributed by atoms with van der Waals surface area (Å²) < 4.78 is 6.16. The van der Waals surface area contributed by atoms with Crippen molar-refractivity contribution in [1.29, 1.82) is 0 Å². The fraction of sp³-hybridized carbons (Fsp3) is 0. The van der Waals surface area contributed by atoms with Crippen molar-refractivity contribution in [2.45, 2.75) is 0 Å². The maximum Gasteiger partial charge on any atom is 0.135 e. The molecule has 0 N–H and O–H groups in total. The van der Waals surface area contributed by atoms with Crippen molar-refractivity contribution in [1.82, 2.24) is 9.97 Å². The van der Waals surface area contributed by atoms with Crippen LogP contribution in [-0.2, 0) is 0 Å². The Kier molecular flexibility index (Phi) is 8.46. The third-order valence-electron chi connectivity index (χ3n) is 12.0. The lowest BCUT2D eigenvalue weighted by molar-refractivity contribution is 0.669. The molecule has 0 saturated heterocycles. The SMILES string of the molecule is c1ccc(-c2nc3ccc4ccc5ccc(-c6ccc(-c7ccc(N(c8ccccc8)c8ccc9oc%10ccccc%10c9c8)cc7)cc6)cc5c4c3nc2-c2ccccc2)cc1. The molecule has 0 saturated carbocycles. The Hall–Kier alpha value is -8.34. The zero-order valence-corrected chi connectivity index (χ0v) is 33.6. The van der Waals surface area contributed by atoms with Gasteiger partial charge in [0.15, 0.2) is 0 Å². The monoisotopic (exact) mass is 791 g/mol. The zero-order chi connectivity index (χ0) is 41.0. The van der Waals surface area contributed by atoms with E-state index in [1.807, 2.05) is 24.3 Å². The van der Waals surface area contributed by atoms with Crippen LogP contribution in [0.15, 0.2) is 229 Å². The van der Waals surface area contributed by atoms with Gasteiger partial charge >= 0.3 is 0 Å². The largest absolute Gasteiger partial charge is 0.456 e. The van der Waals surface area contributed by atoms with Crippen molar-refractivity contribution >= 4 is 71.6 Å². The minimum Gasteiger partial charge on any atom is -0.456 e. The van der Waals surface area contributed by atoms with Gasteiger partial charge in [0.05, 0.1) is 22.4 Å². The van der Waals surface area contributed by atoms with Gasteiger partial charge in [0, 0.05) is 44.3 Å². The van der Waals surface area contributed by atoms with Crippen molar-refractivity contribution in [2.24, 2.45) is 0 Å². The van der Waals surface area contributed by atoms with Crippen LogP contribution >= 0.6 is 0 Å². The molecule has 0 aliphatic rings. The van der Waals surface area contributed by atoms with Gasteiger partial charge in [-0.05, 0) is 99.1 Å². The molecule has 12 rings (SSSR count). The van der Waals surface area contributed by atoms with Crippen LogP contribution < -0.4 is 4.90 Å². The van der Waals surface area contributed by atoms with E-state index in [0.29, 0.717) is 0 Å². The van der Waals surface area contributed by atoms with Crippen LogP contribution in [0.3, 0.4) is 0 Å². The van der Waals surface area contributed by atoms with E-state index < -0.39 is 0 Å². The second-order valence-corrected chi connectivity index (χ2v) is 15.8. The summed E-state index contributed by atoms with van der Waals surface area (Å²) in [5, 5.41) is 6.81. The van der Waals surface area contributed by atoms with Gasteiger partial charge in [0.1, 0.15) is 11.2 Å². The number of aromatic nitrogens is 2. The Morgan fingerprint density at radius 1 is 0.323 bits per heavy atom. The Bertz CT molecular complexity index is 3600. The quantitative estimate of drug-likeness (QED) is 0.151. The third-order valence-corrected chi connectivity index (χ3v) is 12.0. The molecular weight excluding hydrogens is 755 g/mol. The average Bonchev–Trinajstić information content (AvgIpc) is 3.72. The molecule has 0 radical (unpaired) electrons. The van der Waals surface area contributed by atoms with Crippen LogP contribution in [0.1, 0.15) is 0 Å². The van der Waals surface area contributed by atoms with E-state index in [0.717, 1.165) is 111 Å². The molecule has 2 heterocycles. The minimum absolute atomic E-state index is 0.879. The highest BCUT2D eigenvalue weighted by atomic mass is 16.3. The molecule has 12 aromatic rings. The van der Waals surface area contributed by atoms with Gasteiger partial charge in [0.2, 0.25) is 0 Å². The van der Waals surface area contributed by atoms with Gasteiger partial charge in [-0.2, -0.15) is 0 Å². The highest BCUT2D eigenvalue weighted by molar-refractivity contribution is 6.19. The summed E-state index contributed by atoms with van der Waals surface area (Å²) in [4.78, 5) is 13.0. The number of anilines is 3. The summed E-state index contributed by atoms with van der Waals surface area (Å²) in [6, 6.07) is 79.2. The van der Waals surface area contributed by atoms with Crippen LogP contribution in [-0.4, -0.2) is 9.97 Å². The second-order valence-electron chi connectivity index (χ2n) is 15.8. The summed E-state index contributed by atoms with van der Waals surface area (Å²) in [5.41, 5.74) is 15.3. The van der Waals surface area contributed by atoms with Crippen LogP contribution in [0.5, 0.6) is 0 Å². The first-order valence-corrected chi connectivity index (χ1v) is 21.0. The first-order chi connectivity index (χ1) is 30.7. The highest BCUT2D eigenvalue weighted by Gasteiger charge is 2.18. The number of hydrogen-bond donors (Lipinski definition) is 0. The van der Waals surface area contributed by atoms with Crippen LogP contribution in [0, 0.1) is 0 Å². The molecule has 2 aromatic heterocycles. The Balaban J connectivity index is 0.903. The molecule has 0 amide bonds. The normalized spacial score (nSPS) is 11.5. The van der Waals surface area contributed by atoms with E-state index in [-0.39, 0.29) is 0 Å². The molecule has 0 fully saturated rings. The highest BCUT2D eigenvalue weighted by Crippen LogP contribution is 2.41. The zero-order valence-electron chi connectivity index (χ0n) is 33.6. The van der Waals surface area contributed by atoms with Gasteiger partial charge in [-0.3, -0.25) is 0 Å². The van der Waals surface area contributed by atoms with E-state index in [9.17, 15) is 0 Å². The number of nitrogens with zero attached hydrogens (tertiary/aromatic N) is 3. The van der Waals surface area contributed by atoms with Crippen LogP contribution in [0.2, 0.25) is 0 Å². The Labute approximate surface area is 358 Å². The molecule has 4 nitrogen and oxygen atoms in total. The lowest BCUT2D eigenvalue weighted by Crippen LogP contribution is -2.09. The maximum absolute atomic E-state index is 6.16. The van der Waals surface area contributed by atoms with Gasteiger partial charge in [-0.1, -0.05) is 164 Å². The van der Waals surface area contributed by atoms with Crippen molar-refractivity contribution in [2.75, 3.05) is 4.90 Å². The van der Waals surface area contributed by atoms with Gasteiger partial charge in [-0.15, -0.1) is 0 Å². The number of benzene rings is 10. The number of hydrogen-bond acceptors (Lipinski definition) is 4. The molecule has 0 spiro atoms. The standard InChI is InChI=1S/C58H37N3O/c1-4-12-43(13-5-1)56-57(44-14-6-2-7-15-44)60-58-52(59-56)34-30-42-26-24-41-25-27-45(36-50(41)55(42)58)40-22-20-38(21-23-40)39-28-31-47(32-29-39)61(46-16-8-3-9-17-46)48-33-35-54-51(37-48)49-18-10-11-19-53(49)62-54/h1-37H. The molecule has 0 aliphatic heterocycles. The molecule has 62 heavy (non-hydrogen) atoms. The minimum atomic E-state index is 0.879.